The summed E-state index contributed by atoms with van der Waals surface area (Å²) in [6.07, 6.45) is -1.53. The predicted octanol–water partition coefficient (Wildman–Crippen LogP) is 3.10. The average Bonchev–Trinajstić information content (AvgIpc) is 3.21. The largest absolute Gasteiger partial charge is 0.416 e. The van der Waals surface area contributed by atoms with E-state index in [0.717, 1.165) is 17.7 Å². The van der Waals surface area contributed by atoms with Crippen molar-refractivity contribution >= 4 is 17.5 Å². The summed E-state index contributed by atoms with van der Waals surface area (Å²) >= 11 is 0. The van der Waals surface area contributed by atoms with Crippen LogP contribution in [0.15, 0.2) is 41.5 Å². The fourth-order valence-corrected chi connectivity index (χ4v) is 4.82. The number of aromatic nitrogens is 3. The Morgan fingerprint density at radius 2 is 2.03 bits per heavy atom. The average molecular weight is 474 g/mol. The molecule has 0 saturated carbocycles. The van der Waals surface area contributed by atoms with Gasteiger partial charge in [-0.2, -0.15) is 18.3 Å². The molecular weight excluding hydrogens is 449 g/mol. The minimum Gasteiger partial charge on any atom is -0.369 e. The van der Waals surface area contributed by atoms with Crippen molar-refractivity contribution in [1.29, 1.82) is 0 Å². The van der Waals surface area contributed by atoms with Gasteiger partial charge in [0.05, 0.1) is 11.0 Å². The maximum absolute atomic E-state index is 13.3. The number of amides is 3. The Balaban J connectivity index is 1.78. The van der Waals surface area contributed by atoms with Gasteiger partial charge in [-0.05, 0) is 60.6 Å². The zero-order valence-electron chi connectivity index (χ0n) is 18.6. The first-order valence-electron chi connectivity index (χ1n) is 10.8. The highest BCUT2D eigenvalue weighted by Crippen LogP contribution is 2.49. The van der Waals surface area contributed by atoms with Crippen molar-refractivity contribution in [2.75, 3.05) is 13.1 Å². The van der Waals surface area contributed by atoms with Gasteiger partial charge in [0.15, 0.2) is 5.82 Å². The van der Waals surface area contributed by atoms with Crippen LogP contribution >= 0.6 is 0 Å². The van der Waals surface area contributed by atoms with E-state index in [0.29, 0.717) is 47.7 Å². The van der Waals surface area contributed by atoms with Gasteiger partial charge in [0.2, 0.25) is 5.91 Å². The van der Waals surface area contributed by atoms with E-state index in [1.807, 2.05) is 0 Å². The quantitative estimate of drug-likeness (QED) is 0.614. The normalized spacial score (nSPS) is 20.7. The van der Waals surface area contributed by atoms with Crippen molar-refractivity contribution in [1.82, 2.24) is 20.1 Å². The van der Waals surface area contributed by atoms with Crippen LogP contribution < -0.4 is 11.5 Å². The van der Waals surface area contributed by atoms with Crippen molar-refractivity contribution in [2.45, 2.75) is 38.8 Å². The minimum absolute atomic E-state index is 0.0803. The molecule has 1 aromatic heterocycles. The molecule has 0 radical (unpaired) electrons. The Labute approximate surface area is 193 Å². The van der Waals surface area contributed by atoms with Gasteiger partial charge in [0, 0.05) is 19.5 Å². The lowest BCUT2D eigenvalue weighted by Crippen LogP contribution is -2.49. The maximum atomic E-state index is 13.3. The van der Waals surface area contributed by atoms with Crippen LogP contribution in [0.4, 0.5) is 18.0 Å². The molecule has 1 aromatic carbocycles. The standard InChI is InChI=1S/C23H25F3N6O2/c1-13-29-19(31-30-13)6-9-22(20(27)33)8-5-16(14-3-2-4-15(11-14)23(24,25)26)17-7-10-32(21(28)34)12-18(17)22/h2-5,11H,6-10,12H2,1H3,(H2,27,33)(H2,28,34)(H,29,30,31). The zero-order valence-corrected chi connectivity index (χ0v) is 18.6. The van der Waals surface area contributed by atoms with E-state index < -0.39 is 29.1 Å². The molecule has 1 unspecified atom stereocenters. The van der Waals surface area contributed by atoms with Crippen LogP contribution in [-0.4, -0.2) is 45.1 Å². The lowest BCUT2D eigenvalue weighted by atomic mass is 9.65. The second kappa shape index (κ2) is 8.62. The molecular formula is C23H25F3N6O2. The number of rotatable bonds is 5. The summed E-state index contributed by atoms with van der Waals surface area (Å²) in [6, 6.07) is 4.46. The number of benzene rings is 1. The molecule has 0 fully saturated rings. The Morgan fingerprint density at radius 3 is 2.65 bits per heavy atom. The van der Waals surface area contributed by atoms with Gasteiger partial charge in [-0.1, -0.05) is 18.2 Å². The van der Waals surface area contributed by atoms with Crippen LogP contribution in [0.5, 0.6) is 0 Å². The number of alkyl halides is 3. The maximum Gasteiger partial charge on any atom is 0.416 e. The van der Waals surface area contributed by atoms with E-state index in [4.69, 9.17) is 11.5 Å². The molecule has 1 atom stereocenters. The fourth-order valence-electron chi connectivity index (χ4n) is 4.82. The number of allylic oxidation sites excluding steroid dienone is 2. The molecule has 0 bridgehead atoms. The van der Waals surface area contributed by atoms with Crippen molar-refractivity contribution in [3.05, 3.63) is 64.3 Å². The van der Waals surface area contributed by atoms with Crippen molar-refractivity contribution in [3.63, 3.8) is 0 Å². The van der Waals surface area contributed by atoms with E-state index in [9.17, 15) is 22.8 Å². The van der Waals surface area contributed by atoms with Crippen molar-refractivity contribution in [2.24, 2.45) is 16.9 Å². The van der Waals surface area contributed by atoms with Crippen LogP contribution in [0.3, 0.4) is 0 Å². The zero-order chi connectivity index (χ0) is 24.7. The van der Waals surface area contributed by atoms with Gasteiger partial charge in [-0.3, -0.25) is 9.89 Å². The molecule has 2 aromatic rings. The lowest BCUT2D eigenvalue weighted by Gasteiger charge is -2.43. The molecule has 2 aliphatic rings. The highest BCUT2D eigenvalue weighted by molar-refractivity contribution is 5.91. The number of aromatic amines is 1. The number of nitrogens with one attached hydrogen (secondary N) is 1. The van der Waals surface area contributed by atoms with E-state index in [2.05, 4.69) is 15.2 Å². The molecule has 0 spiro atoms. The van der Waals surface area contributed by atoms with Crippen LogP contribution in [0, 0.1) is 12.3 Å². The second-order valence-corrected chi connectivity index (χ2v) is 8.65. The molecule has 1 aliphatic heterocycles. The SMILES string of the molecule is Cc1nc(CCC2(C(N)=O)CC=C(c3cccc(C(F)(F)F)c3)C3=C2CN(C(N)=O)CC3)n[nH]1. The smallest absolute Gasteiger partial charge is 0.369 e. The number of primary amides is 2. The number of carbonyl (C=O) groups is 2. The summed E-state index contributed by atoms with van der Waals surface area (Å²) in [5, 5.41) is 6.88. The molecule has 8 nitrogen and oxygen atoms in total. The van der Waals surface area contributed by atoms with Gasteiger partial charge in [-0.25, -0.2) is 9.78 Å². The molecule has 11 heteroatoms. The topological polar surface area (TPSA) is 131 Å². The first-order chi connectivity index (χ1) is 16.0. The first kappa shape index (κ1) is 23.5. The number of H-pyrrole nitrogens is 1. The lowest BCUT2D eigenvalue weighted by molar-refractivity contribution is -0.137. The van der Waals surface area contributed by atoms with Crippen LogP contribution in [0.2, 0.25) is 0 Å². The summed E-state index contributed by atoms with van der Waals surface area (Å²) in [5.74, 6) is 0.587. The molecule has 180 valence electrons. The third-order valence-corrected chi connectivity index (χ3v) is 6.61. The highest BCUT2D eigenvalue weighted by atomic mass is 19.4. The van der Waals surface area contributed by atoms with E-state index in [1.165, 1.54) is 11.0 Å². The van der Waals surface area contributed by atoms with Gasteiger partial charge in [0.25, 0.3) is 0 Å². The summed E-state index contributed by atoms with van der Waals surface area (Å²) in [7, 11) is 0. The Bertz CT molecular complexity index is 1200. The fraction of sp³-hybridized carbons (Fsp3) is 0.391. The molecule has 4 rings (SSSR count). The van der Waals surface area contributed by atoms with E-state index >= 15 is 0 Å². The molecule has 34 heavy (non-hydrogen) atoms. The Morgan fingerprint density at radius 1 is 1.26 bits per heavy atom. The summed E-state index contributed by atoms with van der Waals surface area (Å²) in [5.41, 5.74) is 11.9. The van der Waals surface area contributed by atoms with Crippen LogP contribution in [0.25, 0.3) is 5.57 Å². The third-order valence-electron chi connectivity index (χ3n) is 6.61. The van der Waals surface area contributed by atoms with Crippen molar-refractivity contribution in [3.8, 4) is 0 Å². The summed E-state index contributed by atoms with van der Waals surface area (Å²) in [6.45, 7) is 2.13. The first-order valence-corrected chi connectivity index (χ1v) is 10.8. The van der Waals surface area contributed by atoms with Gasteiger partial charge in [0.1, 0.15) is 5.82 Å². The van der Waals surface area contributed by atoms with Gasteiger partial charge >= 0.3 is 12.2 Å². The number of halogens is 3. The predicted molar refractivity (Wildman–Crippen MR) is 118 cm³/mol. The summed E-state index contributed by atoms with van der Waals surface area (Å²) in [4.78, 5) is 30.5. The number of hydrogen-bond donors (Lipinski definition) is 3. The van der Waals surface area contributed by atoms with Crippen LogP contribution in [0.1, 0.15) is 42.0 Å². The Kier molecular flexibility index (Phi) is 5.96. The number of hydrogen-bond acceptors (Lipinski definition) is 4. The van der Waals surface area contributed by atoms with E-state index in [-0.39, 0.29) is 19.4 Å². The molecule has 2 heterocycles. The van der Waals surface area contributed by atoms with Crippen molar-refractivity contribution < 1.29 is 22.8 Å². The van der Waals surface area contributed by atoms with Crippen LogP contribution in [-0.2, 0) is 17.4 Å². The Hall–Kier alpha value is -3.63. The van der Waals surface area contributed by atoms with Gasteiger partial charge in [-0.15, -0.1) is 0 Å². The third kappa shape index (κ3) is 4.29. The molecule has 1 aliphatic carbocycles. The number of urea groups is 1. The second-order valence-electron chi connectivity index (χ2n) is 8.65. The number of aryl methyl sites for hydroxylation is 2. The number of nitrogens with two attached hydrogens (primary N) is 2. The monoisotopic (exact) mass is 474 g/mol. The molecule has 0 saturated heterocycles. The molecule has 3 amide bonds. The number of nitrogens with zero attached hydrogens (tertiary/aromatic N) is 3. The minimum atomic E-state index is -4.48. The summed E-state index contributed by atoms with van der Waals surface area (Å²) < 4.78 is 40.0. The molecule has 5 N–H and O–H groups in total. The van der Waals surface area contributed by atoms with Gasteiger partial charge < -0.3 is 16.4 Å². The van der Waals surface area contributed by atoms with E-state index in [1.54, 1.807) is 19.1 Å². The number of carbonyl (C=O) groups excluding carboxylic acids is 2. The highest BCUT2D eigenvalue weighted by Gasteiger charge is 2.46.